The van der Waals surface area contributed by atoms with E-state index in [0.717, 1.165) is 22.5 Å². The van der Waals surface area contributed by atoms with E-state index in [-0.39, 0.29) is 5.78 Å². The van der Waals surface area contributed by atoms with Crippen molar-refractivity contribution in [3.63, 3.8) is 0 Å². The molecule has 0 spiro atoms. The number of ketones is 1. The lowest BCUT2D eigenvalue weighted by molar-refractivity contribution is 0.0983. The van der Waals surface area contributed by atoms with E-state index in [1.807, 2.05) is 31.3 Å². The number of aromatic nitrogens is 1. The molecule has 0 amide bonds. The lowest BCUT2D eigenvalue weighted by Gasteiger charge is -2.04. The van der Waals surface area contributed by atoms with Gasteiger partial charge in [0.05, 0.1) is 5.69 Å². The second-order valence-electron chi connectivity index (χ2n) is 5.05. The molecule has 0 unspecified atom stereocenters. The van der Waals surface area contributed by atoms with Crippen molar-refractivity contribution in [1.29, 1.82) is 0 Å². The minimum atomic E-state index is 0.0727. The summed E-state index contributed by atoms with van der Waals surface area (Å²) < 4.78 is 0. The van der Waals surface area contributed by atoms with Crippen molar-refractivity contribution in [3.8, 4) is 0 Å². The highest BCUT2D eigenvalue weighted by atomic mass is 16.1. The van der Waals surface area contributed by atoms with Crippen LogP contribution < -0.4 is 0 Å². The standard InChI is InChI=1S/C18H20N2O/c1-4-17(21)16-10-6-9-15(20-16)11-12-19-18-13(2)7-5-8-14(18)3/h5-10,12H,4,11H2,1-3H3. The van der Waals surface area contributed by atoms with Crippen molar-refractivity contribution in [2.24, 2.45) is 4.99 Å². The van der Waals surface area contributed by atoms with Gasteiger partial charge in [0, 0.05) is 24.8 Å². The van der Waals surface area contributed by atoms with Crippen LogP contribution in [-0.4, -0.2) is 17.0 Å². The van der Waals surface area contributed by atoms with Crippen LogP contribution in [0.25, 0.3) is 0 Å². The van der Waals surface area contributed by atoms with Gasteiger partial charge in [-0.2, -0.15) is 0 Å². The Morgan fingerprint density at radius 1 is 1.14 bits per heavy atom. The maximum atomic E-state index is 11.7. The Morgan fingerprint density at radius 2 is 1.81 bits per heavy atom. The molecule has 0 aliphatic rings. The summed E-state index contributed by atoms with van der Waals surface area (Å²) in [5.74, 6) is 0.0727. The van der Waals surface area contributed by atoms with Crippen molar-refractivity contribution >= 4 is 17.7 Å². The molecule has 1 heterocycles. The van der Waals surface area contributed by atoms with Gasteiger partial charge in [0.2, 0.25) is 0 Å². The zero-order valence-corrected chi connectivity index (χ0v) is 12.8. The number of aliphatic imine (C=N–C) groups is 1. The monoisotopic (exact) mass is 280 g/mol. The molecule has 3 nitrogen and oxygen atoms in total. The maximum absolute atomic E-state index is 11.7. The number of Topliss-reactive ketones (excluding diaryl/α,β-unsaturated/α-hetero) is 1. The van der Waals surface area contributed by atoms with Crippen LogP contribution in [0.15, 0.2) is 41.4 Å². The molecule has 0 N–H and O–H groups in total. The van der Waals surface area contributed by atoms with Crippen LogP contribution in [0.2, 0.25) is 0 Å². The minimum absolute atomic E-state index is 0.0727. The molecule has 0 aliphatic heterocycles. The van der Waals surface area contributed by atoms with Gasteiger partial charge < -0.3 is 0 Å². The number of carbonyl (C=O) groups is 1. The normalized spacial score (nSPS) is 11.0. The van der Waals surface area contributed by atoms with Crippen LogP contribution in [0.1, 0.15) is 40.7 Å². The molecule has 2 aromatic rings. The van der Waals surface area contributed by atoms with E-state index in [2.05, 4.69) is 36.0 Å². The number of benzene rings is 1. The van der Waals surface area contributed by atoms with Crippen LogP contribution >= 0.6 is 0 Å². The third-order valence-corrected chi connectivity index (χ3v) is 3.37. The maximum Gasteiger partial charge on any atom is 0.180 e. The third-order valence-electron chi connectivity index (χ3n) is 3.37. The zero-order chi connectivity index (χ0) is 15.2. The molecule has 0 aliphatic carbocycles. The van der Waals surface area contributed by atoms with E-state index in [1.165, 1.54) is 0 Å². The first-order valence-electron chi connectivity index (χ1n) is 7.19. The first-order chi connectivity index (χ1) is 10.1. The Balaban J connectivity index is 2.13. The Labute approximate surface area is 125 Å². The van der Waals surface area contributed by atoms with Gasteiger partial charge in [0.15, 0.2) is 5.78 Å². The number of carbonyl (C=O) groups excluding carboxylic acids is 1. The quantitative estimate of drug-likeness (QED) is 0.607. The lowest BCUT2D eigenvalue weighted by atomic mass is 10.1. The van der Waals surface area contributed by atoms with Gasteiger partial charge in [-0.1, -0.05) is 31.2 Å². The summed E-state index contributed by atoms with van der Waals surface area (Å²) in [6, 6.07) is 11.7. The minimum Gasteiger partial charge on any atom is -0.292 e. The van der Waals surface area contributed by atoms with E-state index in [9.17, 15) is 4.79 Å². The van der Waals surface area contributed by atoms with Crippen molar-refractivity contribution in [1.82, 2.24) is 4.98 Å². The molecule has 0 atom stereocenters. The van der Waals surface area contributed by atoms with Crippen LogP contribution in [0, 0.1) is 13.8 Å². The van der Waals surface area contributed by atoms with Crippen LogP contribution in [0.3, 0.4) is 0 Å². The predicted octanol–water partition coefficient (Wildman–Crippen LogP) is 4.24. The highest BCUT2D eigenvalue weighted by molar-refractivity contribution is 5.94. The molecule has 0 saturated heterocycles. The average molecular weight is 280 g/mol. The van der Waals surface area contributed by atoms with E-state index in [0.29, 0.717) is 18.5 Å². The topological polar surface area (TPSA) is 42.3 Å². The first kappa shape index (κ1) is 15.1. The highest BCUT2D eigenvalue weighted by Gasteiger charge is 2.05. The summed E-state index contributed by atoms with van der Waals surface area (Å²) in [6.45, 7) is 5.95. The lowest BCUT2D eigenvalue weighted by Crippen LogP contribution is -2.02. The Morgan fingerprint density at radius 3 is 2.48 bits per heavy atom. The fraction of sp³-hybridized carbons (Fsp3) is 0.278. The largest absolute Gasteiger partial charge is 0.292 e. The van der Waals surface area contributed by atoms with E-state index >= 15 is 0 Å². The number of para-hydroxylation sites is 1. The molecule has 1 aromatic carbocycles. The van der Waals surface area contributed by atoms with Crippen LogP contribution in [0.4, 0.5) is 5.69 Å². The van der Waals surface area contributed by atoms with Gasteiger partial charge in [-0.15, -0.1) is 0 Å². The second kappa shape index (κ2) is 6.93. The molecule has 21 heavy (non-hydrogen) atoms. The summed E-state index contributed by atoms with van der Waals surface area (Å²) in [5.41, 5.74) is 4.74. The molecule has 0 radical (unpaired) electrons. The van der Waals surface area contributed by atoms with Gasteiger partial charge in [0.25, 0.3) is 0 Å². The van der Waals surface area contributed by atoms with E-state index in [1.54, 1.807) is 6.07 Å². The molecule has 108 valence electrons. The molecule has 2 rings (SSSR count). The van der Waals surface area contributed by atoms with Crippen LogP contribution in [0.5, 0.6) is 0 Å². The third kappa shape index (κ3) is 3.85. The van der Waals surface area contributed by atoms with Gasteiger partial charge in [-0.3, -0.25) is 9.79 Å². The fourth-order valence-electron chi connectivity index (χ4n) is 2.17. The second-order valence-corrected chi connectivity index (χ2v) is 5.05. The SMILES string of the molecule is CCC(=O)c1cccc(CC=Nc2c(C)cccc2C)n1. The Bertz CT molecular complexity index is 654. The molecule has 0 bridgehead atoms. The molecule has 0 fully saturated rings. The van der Waals surface area contributed by atoms with Gasteiger partial charge in [0.1, 0.15) is 5.69 Å². The molecule has 3 heteroatoms. The summed E-state index contributed by atoms with van der Waals surface area (Å²) in [7, 11) is 0. The van der Waals surface area contributed by atoms with Gasteiger partial charge in [-0.25, -0.2) is 4.98 Å². The van der Waals surface area contributed by atoms with Crippen molar-refractivity contribution in [2.45, 2.75) is 33.6 Å². The van der Waals surface area contributed by atoms with E-state index in [4.69, 9.17) is 0 Å². The molecule has 1 aromatic heterocycles. The Kier molecular flexibility index (Phi) is 4.99. The number of hydrogen-bond acceptors (Lipinski definition) is 3. The number of pyridine rings is 1. The first-order valence-corrected chi connectivity index (χ1v) is 7.19. The van der Waals surface area contributed by atoms with Crippen molar-refractivity contribution < 1.29 is 4.79 Å². The molecular weight excluding hydrogens is 260 g/mol. The summed E-state index contributed by atoms with van der Waals surface area (Å²) in [4.78, 5) is 20.6. The van der Waals surface area contributed by atoms with Gasteiger partial charge >= 0.3 is 0 Å². The smallest absolute Gasteiger partial charge is 0.180 e. The fourth-order valence-corrected chi connectivity index (χ4v) is 2.17. The molecule has 0 saturated carbocycles. The van der Waals surface area contributed by atoms with Gasteiger partial charge in [-0.05, 0) is 37.1 Å². The number of nitrogens with zero attached hydrogens (tertiary/aromatic N) is 2. The number of rotatable bonds is 5. The van der Waals surface area contributed by atoms with Crippen molar-refractivity contribution in [3.05, 3.63) is 58.9 Å². The molecular formula is C18H20N2O. The highest BCUT2D eigenvalue weighted by Crippen LogP contribution is 2.22. The van der Waals surface area contributed by atoms with Crippen molar-refractivity contribution in [2.75, 3.05) is 0 Å². The zero-order valence-electron chi connectivity index (χ0n) is 12.8. The Hall–Kier alpha value is -2.29. The summed E-state index contributed by atoms with van der Waals surface area (Å²) in [6.07, 6.45) is 2.96. The van der Waals surface area contributed by atoms with E-state index < -0.39 is 0 Å². The summed E-state index contributed by atoms with van der Waals surface area (Å²) in [5, 5.41) is 0. The number of aryl methyl sites for hydroxylation is 2. The average Bonchev–Trinajstić information content (AvgIpc) is 2.50. The van der Waals surface area contributed by atoms with Crippen LogP contribution in [-0.2, 0) is 6.42 Å². The predicted molar refractivity (Wildman–Crippen MR) is 86.6 cm³/mol. The number of hydrogen-bond donors (Lipinski definition) is 0. The summed E-state index contributed by atoms with van der Waals surface area (Å²) >= 11 is 0.